The molecule has 1 N–H and O–H groups in total. The minimum Gasteiger partial charge on any atom is -0.322 e. The Morgan fingerprint density at radius 2 is 1.77 bits per heavy atom. The van der Waals surface area contributed by atoms with Gasteiger partial charge in [-0.15, -0.1) is 0 Å². The summed E-state index contributed by atoms with van der Waals surface area (Å²) in [5, 5.41) is 2.90. The van der Waals surface area contributed by atoms with Crippen LogP contribution in [0.3, 0.4) is 0 Å². The molecule has 4 nitrogen and oxygen atoms in total. The van der Waals surface area contributed by atoms with Gasteiger partial charge in [0.25, 0.3) is 11.5 Å². The van der Waals surface area contributed by atoms with Gasteiger partial charge in [-0.1, -0.05) is 45.8 Å². The lowest BCUT2D eigenvalue weighted by Crippen LogP contribution is -2.22. The van der Waals surface area contributed by atoms with Gasteiger partial charge in [0.15, 0.2) is 0 Å². The van der Waals surface area contributed by atoms with E-state index in [9.17, 15) is 9.59 Å². The molecule has 3 rings (SSSR count). The molecule has 0 radical (unpaired) electrons. The van der Waals surface area contributed by atoms with Crippen LogP contribution < -0.4 is 10.9 Å². The Kier molecular flexibility index (Phi) is 5.38. The van der Waals surface area contributed by atoms with Gasteiger partial charge in [0.1, 0.15) is 0 Å². The predicted octanol–water partition coefficient (Wildman–Crippen LogP) is 4.53. The summed E-state index contributed by atoms with van der Waals surface area (Å²) in [6, 6.07) is 16.6. The van der Waals surface area contributed by atoms with E-state index in [1.54, 1.807) is 16.8 Å². The van der Waals surface area contributed by atoms with Gasteiger partial charge in [-0.25, -0.2) is 0 Å². The van der Waals surface area contributed by atoms with Crippen LogP contribution >= 0.6 is 15.9 Å². The van der Waals surface area contributed by atoms with E-state index in [1.165, 1.54) is 11.6 Å². The quantitative estimate of drug-likeness (QED) is 0.686. The molecule has 0 spiro atoms. The van der Waals surface area contributed by atoms with E-state index < -0.39 is 0 Å². The van der Waals surface area contributed by atoms with Gasteiger partial charge in [0.2, 0.25) is 0 Å². The lowest BCUT2D eigenvalue weighted by atomic mass is 10.1. The van der Waals surface area contributed by atoms with Crippen molar-refractivity contribution in [3.05, 3.63) is 97.9 Å². The number of carbonyl (C=O) groups excluding carboxylic acids is 1. The summed E-state index contributed by atoms with van der Waals surface area (Å²) in [5.41, 5.74) is 4.19. The topological polar surface area (TPSA) is 51.1 Å². The van der Waals surface area contributed by atoms with Crippen LogP contribution in [0.25, 0.3) is 0 Å². The van der Waals surface area contributed by atoms with Crippen molar-refractivity contribution in [2.45, 2.75) is 20.4 Å². The summed E-state index contributed by atoms with van der Waals surface area (Å²) in [6.07, 6.45) is 1.60. The lowest BCUT2D eigenvalue weighted by molar-refractivity contribution is 0.102. The molecule has 2 aromatic carbocycles. The van der Waals surface area contributed by atoms with Crippen molar-refractivity contribution in [3.63, 3.8) is 0 Å². The average Bonchev–Trinajstić information content (AvgIpc) is 2.61. The van der Waals surface area contributed by atoms with Crippen LogP contribution in [-0.4, -0.2) is 10.5 Å². The molecule has 0 fully saturated rings. The number of carbonyl (C=O) groups is 1. The summed E-state index contributed by atoms with van der Waals surface area (Å²) in [7, 11) is 0. The highest BCUT2D eigenvalue weighted by atomic mass is 79.9. The zero-order valence-corrected chi connectivity index (χ0v) is 16.2. The number of rotatable bonds is 4. The Labute approximate surface area is 160 Å². The number of benzene rings is 2. The molecule has 0 saturated heterocycles. The number of amides is 1. The fourth-order valence-electron chi connectivity index (χ4n) is 2.64. The molecular weight excluding hydrogens is 392 g/mol. The number of nitrogens with one attached hydrogen (secondary N) is 1. The fourth-order valence-corrected chi connectivity index (χ4v) is 3.12. The Morgan fingerprint density at radius 1 is 1.04 bits per heavy atom. The Bertz CT molecular complexity index is 1010. The highest BCUT2D eigenvalue weighted by molar-refractivity contribution is 9.10. The fraction of sp³-hybridized carbons (Fsp3) is 0.143. The third-order valence-corrected chi connectivity index (χ3v) is 4.65. The molecule has 1 heterocycles. The van der Waals surface area contributed by atoms with Crippen molar-refractivity contribution in [1.29, 1.82) is 0 Å². The predicted molar refractivity (Wildman–Crippen MR) is 108 cm³/mol. The van der Waals surface area contributed by atoms with Crippen LogP contribution in [0.5, 0.6) is 0 Å². The molecule has 5 heteroatoms. The standard InChI is InChI=1S/C21H19BrN2O2/c1-14-3-5-16(6-4-14)12-24-13-17(7-10-20(24)25)21(26)23-19-9-8-18(22)11-15(19)2/h3-11,13H,12H2,1-2H3,(H,23,26). The third kappa shape index (κ3) is 4.29. The second kappa shape index (κ2) is 7.70. The number of halogens is 1. The van der Waals surface area contributed by atoms with Crippen LogP contribution in [0.4, 0.5) is 5.69 Å². The molecule has 132 valence electrons. The first-order valence-corrected chi connectivity index (χ1v) is 9.05. The van der Waals surface area contributed by atoms with Crippen LogP contribution in [0.1, 0.15) is 27.0 Å². The van der Waals surface area contributed by atoms with E-state index in [-0.39, 0.29) is 11.5 Å². The average molecular weight is 411 g/mol. The van der Waals surface area contributed by atoms with Gasteiger partial charge in [-0.3, -0.25) is 9.59 Å². The van der Waals surface area contributed by atoms with E-state index >= 15 is 0 Å². The smallest absolute Gasteiger partial charge is 0.257 e. The second-order valence-electron chi connectivity index (χ2n) is 6.28. The van der Waals surface area contributed by atoms with Crippen molar-refractivity contribution < 1.29 is 4.79 Å². The number of pyridine rings is 1. The normalized spacial score (nSPS) is 10.6. The maximum atomic E-state index is 12.6. The van der Waals surface area contributed by atoms with Crippen molar-refractivity contribution in [2.75, 3.05) is 5.32 Å². The Morgan fingerprint density at radius 3 is 2.46 bits per heavy atom. The van der Waals surface area contributed by atoms with Gasteiger partial charge >= 0.3 is 0 Å². The minimum atomic E-state index is -0.243. The van der Waals surface area contributed by atoms with Gasteiger partial charge in [0.05, 0.1) is 12.1 Å². The van der Waals surface area contributed by atoms with Crippen molar-refractivity contribution >= 4 is 27.5 Å². The van der Waals surface area contributed by atoms with Gasteiger partial charge in [-0.2, -0.15) is 0 Å². The molecular formula is C21H19BrN2O2. The van der Waals surface area contributed by atoms with Gasteiger partial charge < -0.3 is 9.88 Å². The van der Waals surface area contributed by atoms with Crippen LogP contribution in [-0.2, 0) is 6.54 Å². The summed E-state index contributed by atoms with van der Waals surface area (Å²) < 4.78 is 2.51. The molecule has 0 aliphatic heterocycles. The number of hydrogen-bond acceptors (Lipinski definition) is 2. The Balaban J connectivity index is 1.83. The molecule has 3 aromatic rings. The zero-order chi connectivity index (χ0) is 18.7. The molecule has 1 aromatic heterocycles. The molecule has 26 heavy (non-hydrogen) atoms. The molecule has 0 unspecified atom stereocenters. The van der Waals surface area contributed by atoms with Crippen LogP contribution in [0, 0.1) is 13.8 Å². The van der Waals surface area contributed by atoms with E-state index in [1.807, 2.05) is 56.3 Å². The SMILES string of the molecule is Cc1ccc(Cn2cc(C(=O)Nc3ccc(Br)cc3C)ccc2=O)cc1. The third-order valence-electron chi connectivity index (χ3n) is 4.16. The maximum absolute atomic E-state index is 12.6. The van der Waals surface area contributed by atoms with Crippen LogP contribution in [0.2, 0.25) is 0 Å². The number of anilines is 1. The largest absolute Gasteiger partial charge is 0.322 e. The lowest BCUT2D eigenvalue weighted by Gasteiger charge is -2.11. The molecule has 0 saturated carbocycles. The van der Waals surface area contributed by atoms with Crippen LogP contribution in [0.15, 0.2) is 70.1 Å². The van der Waals surface area contributed by atoms with E-state index in [2.05, 4.69) is 21.2 Å². The molecule has 0 bridgehead atoms. The molecule has 1 amide bonds. The number of aromatic nitrogens is 1. The van der Waals surface area contributed by atoms with E-state index in [0.717, 1.165) is 21.3 Å². The molecule has 0 aliphatic carbocycles. The van der Waals surface area contributed by atoms with Crippen molar-refractivity contribution in [2.24, 2.45) is 0 Å². The van der Waals surface area contributed by atoms with Gasteiger partial charge in [-0.05, 0) is 49.2 Å². The molecule has 0 aliphatic rings. The minimum absolute atomic E-state index is 0.137. The highest BCUT2D eigenvalue weighted by Crippen LogP contribution is 2.20. The number of aryl methyl sites for hydroxylation is 2. The first-order chi connectivity index (χ1) is 12.4. The summed E-state index contributed by atoms with van der Waals surface area (Å²) in [6.45, 7) is 4.38. The highest BCUT2D eigenvalue weighted by Gasteiger charge is 2.10. The molecule has 0 atom stereocenters. The monoisotopic (exact) mass is 410 g/mol. The number of nitrogens with zero attached hydrogens (tertiary/aromatic N) is 1. The summed E-state index contributed by atoms with van der Waals surface area (Å²) >= 11 is 3.41. The van der Waals surface area contributed by atoms with E-state index in [0.29, 0.717) is 12.1 Å². The van der Waals surface area contributed by atoms with Gasteiger partial charge in [0, 0.05) is 22.4 Å². The zero-order valence-electron chi connectivity index (χ0n) is 14.6. The van der Waals surface area contributed by atoms with Crippen molar-refractivity contribution in [3.8, 4) is 0 Å². The second-order valence-corrected chi connectivity index (χ2v) is 7.20. The van der Waals surface area contributed by atoms with E-state index in [4.69, 9.17) is 0 Å². The maximum Gasteiger partial charge on any atom is 0.257 e. The number of hydrogen-bond donors (Lipinski definition) is 1. The summed E-state index contributed by atoms with van der Waals surface area (Å²) in [4.78, 5) is 24.7. The Hall–Kier alpha value is -2.66. The summed E-state index contributed by atoms with van der Waals surface area (Å²) in [5.74, 6) is -0.243. The first-order valence-electron chi connectivity index (χ1n) is 8.26. The van der Waals surface area contributed by atoms with Crippen molar-refractivity contribution in [1.82, 2.24) is 4.57 Å². The first kappa shape index (κ1) is 18.1.